The van der Waals surface area contributed by atoms with Crippen molar-refractivity contribution in [3.05, 3.63) is 30.1 Å². The average Bonchev–Trinajstić information content (AvgIpc) is 2.85. The molecule has 0 N–H and O–H groups in total. The van der Waals surface area contributed by atoms with Crippen molar-refractivity contribution in [2.45, 2.75) is 19.0 Å². The van der Waals surface area contributed by atoms with Gasteiger partial charge in [-0.1, -0.05) is 12.1 Å². The molecule has 2 aliphatic rings. The molecule has 4 rings (SSSR count). The molecule has 2 aliphatic heterocycles. The molecule has 94 valence electrons. The number of hydrogen-bond acceptors (Lipinski definition) is 3. The smallest absolute Gasteiger partial charge is 0.0958 e. The molecule has 18 heavy (non-hydrogen) atoms. The summed E-state index contributed by atoms with van der Waals surface area (Å²) in [5.41, 5.74) is 3.91. The maximum Gasteiger partial charge on any atom is 0.0958 e. The van der Waals surface area contributed by atoms with Crippen molar-refractivity contribution in [2.75, 3.05) is 26.3 Å². The molecule has 4 nitrogen and oxygen atoms in total. The Morgan fingerprint density at radius 2 is 2.11 bits per heavy atom. The minimum Gasteiger partial charge on any atom is -0.379 e. The quantitative estimate of drug-likeness (QED) is 0.756. The molecule has 3 heterocycles. The second-order valence-corrected chi connectivity index (χ2v) is 5.19. The Bertz CT molecular complexity index is 571. The van der Waals surface area contributed by atoms with Crippen molar-refractivity contribution < 1.29 is 4.74 Å². The van der Waals surface area contributed by atoms with Crippen LogP contribution in [0, 0.1) is 0 Å². The van der Waals surface area contributed by atoms with Crippen LogP contribution < -0.4 is 0 Å². The van der Waals surface area contributed by atoms with Gasteiger partial charge in [0.25, 0.3) is 0 Å². The van der Waals surface area contributed by atoms with Gasteiger partial charge in [0.15, 0.2) is 0 Å². The fourth-order valence-corrected chi connectivity index (χ4v) is 3.24. The van der Waals surface area contributed by atoms with Gasteiger partial charge in [0.2, 0.25) is 0 Å². The molecule has 0 spiro atoms. The van der Waals surface area contributed by atoms with E-state index < -0.39 is 0 Å². The number of nitrogens with zero attached hydrogens (tertiary/aromatic N) is 3. The van der Waals surface area contributed by atoms with Crippen molar-refractivity contribution in [1.82, 2.24) is 14.5 Å². The van der Waals surface area contributed by atoms with Gasteiger partial charge in [-0.2, -0.15) is 0 Å². The summed E-state index contributed by atoms with van der Waals surface area (Å²) in [6.45, 7) is 4.93. The first kappa shape index (κ1) is 10.5. The third-order valence-corrected chi connectivity index (χ3v) is 4.15. The van der Waals surface area contributed by atoms with Gasteiger partial charge in [-0.3, -0.25) is 4.90 Å². The molecule has 0 amide bonds. The first-order valence-corrected chi connectivity index (χ1v) is 6.66. The lowest BCUT2D eigenvalue weighted by atomic mass is 9.99. The maximum atomic E-state index is 5.44. The molecule has 1 saturated heterocycles. The fraction of sp³-hybridized carbons (Fsp3) is 0.500. The number of aromatic nitrogens is 2. The highest BCUT2D eigenvalue weighted by atomic mass is 16.5. The Hall–Kier alpha value is -1.39. The molecule has 0 bridgehead atoms. The molecule has 0 radical (unpaired) electrons. The second kappa shape index (κ2) is 4.07. The minimum atomic E-state index is 0.598. The van der Waals surface area contributed by atoms with E-state index in [2.05, 4.69) is 32.7 Å². The summed E-state index contributed by atoms with van der Waals surface area (Å²) >= 11 is 0. The number of rotatable bonds is 1. The number of hydrogen-bond donors (Lipinski definition) is 0. The van der Waals surface area contributed by atoms with E-state index >= 15 is 0 Å². The van der Waals surface area contributed by atoms with Crippen LogP contribution in [0.15, 0.2) is 24.5 Å². The predicted octanol–water partition coefficient (Wildman–Crippen LogP) is 1.29. The van der Waals surface area contributed by atoms with E-state index in [0.717, 1.165) is 44.8 Å². The van der Waals surface area contributed by atoms with E-state index in [1.54, 1.807) is 0 Å². The monoisotopic (exact) mass is 243 g/mol. The van der Waals surface area contributed by atoms with Gasteiger partial charge in [-0.05, 0) is 18.1 Å². The van der Waals surface area contributed by atoms with Gasteiger partial charge in [0, 0.05) is 25.7 Å². The summed E-state index contributed by atoms with van der Waals surface area (Å²) < 4.78 is 7.76. The zero-order chi connectivity index (χ0) is 11.9. The Kier molecular flexibility index (Phi) is 2.38. The number of imidazole rings is 1. The largest absolute Gasteiger partial charge is 0.379 e. The highest BCUT2D eigenvalue weighted by molar-refractivity contribution is 5.79. The van der Waals surface area contributed by atoms with Gasteiger partial charge in [0.1, 0.15) is 0 Å². The van der Waals surface area contributed by atoms with Crippen LogP contribution in [0.2, 0.25) is 0 Å². The number of benzene rings is 1. The van der Waals surface area contributed by atoms with Gasteiger partial charge in [-0.25, -0.2) is 4.98 Å². The van der Waals surface area contributed by atoms with Crippen molar-refractivity contribution in [1.29, 1.82) is 0 Å². The lowest BCUT2D eigenvalue weighted by Gasteiger charge is -2.37. The summed E-state index contributed by atoms with van der Waals surface area (Å²) in [5.74, 6) is 0. The van der Waals surface area contributed by atoms with Crippen LogP contribution >= 0.6 is 0 Å². The molecule has 2 aromatic rings. The van der Waals surface area contributed by atoms with E-state index in [9.17, 15) is 0 Å². The zero-order valence-electron chi connectivity index (χ0n) is 10.4. The summed E-state index contributed by atoms with van der Waals surface area (Å²) in [6, 6.07) is 7.06. The third kappa shape index (κ3) is 1.56. The fourth-order valence-electron chi connectivity index (χ4n) is 3.24. The van der Waals surface area contributed by atoms with Gasteiger partial charge >= 0.3 is 0 Å². The van der Waals surface area contributed by atoms with Gasteiger partial charge in [0.05, 0.1) is 30.6 Å². The Morgan fingerprint density at radius 3 is 3.00 bits per heavy atom. The Morgan fingerprint density at radius 1 is 1.22 bits per heavy atom. The van der Waals surface area contributed by atoms with Crippen molar-refractivity contribution in [3.8, 4) is 0 Å². The van der Waals surface area contributed by atoms with Gasteiger partial charge < -0.3 is 9.30 Å². The molecule has 1 atom stereocenters. The lowest BCUT2D eigenvalue weighted by molar-refractivity contribution is 0.0123. The standard InChI is InChI=1S/C14H17N3O/c1-2-11-8-12(16-4-6-18-7-5-16)9-17-10-15-13(3-1)14(11)17/h1-3,10,12H,4-9H2. The van der Waals surface area contributed by atoms with E-state index in [4.69, 9.17) is 4.74 Å². The van der Waals surface area contributed by atoms with E-state index in [-0.39, 0.29) is 0 Å². The maximum absolute atomic E-state index is 5.44. The molecule has 1 unspecified atom stereocenters. The topological polar surface area (TPSA) is 30.3 Å². The van der Waals surface area contributed by atoms with Crippen LogP contribution in [0.1, 0.15) is 5.56 Å². The van der Waals surface area contributed by atoms with Crippen LogP contribution in [0.5, 0.6) is 0 Å². The van der Waals surface area contributed by atoms with E-state index in [1.807, 2.05) is 6.33 Å². The minimum absolute atomic E-state index is 0.598. The number of morpholine rings is 1. The molecule has 4 heteroatoms. The van der Waals surface area contributed by atoms with Crippen molar-refractivity contribution in [2.24, 2.45) is 0 Å². The molecule has 0 aliphatic carbocycles. The summed E-state index contributed by atoms with van der Waals surface area (Å²) in [6.07, 6.45) is 3.13. The average molecular weight is 243 g/mol. The lowest BCUT2D eigenvalue weighted by Crippen LogP contribution is -2.47. The first-order valence-electron chi connectivity index (χ1n) is 6.66. The first-order chi connectivity index (χ1) is 8.92. The number of ether oxygens (including phenoxy) is 1. The molecule has 1 aromatic heterocycles. The molecular weight excluding hydrogens is 226 g/mol. The zero-order valence-corrected chi connectivity index (χ0v) is 10.4. The molecule has 1 aromatic carbocycles. The highest BCUT2D eigenvalue weighted by Gasteiger charge is 2.26. The summed E-state index contributed by atoms with van der Waals surface area (Å²) in [4.78, 5) is 7.05. The van der Waals surface area contributed by atoms with Crippen molar-refractivity contribution in [3.63, 3.8) is 0 Å². The van der Waals surface area contributed by atoms with Crippen LogP contribution in [0.4, 0.5) is 0 Å². The SMILES string of the molecule is c1cc2c3c(c1)ncn3CC(N1CCOCC1)C2. The molecular formula is C14H17N3O. The number of para-hydroxylation sites is 1. The summed E-state index contributed by atoms with van der Waals surface area (Å²) in [5, 5.41) is 0. The Labute approximate surface area is 106 Å². The van der Waals surface area contributed by atoms with Crippen LogP contribution in [0.3, 0.4) is 0 Å². The van der Waals surface area contributed by atoms with Crippen LogP contribution in [-0.2, 0) is 17.7 Å². The molecule has 0 saturated carbocycles. The predicted molar refractivity (Wildman–Crippen MR) is 69.6 cm³/mol. The highest BCUT2D eigenvalue weighted by Crippen LogP contribution is 2.26. The summed E-state index contributed by atoms with van der Waals surface area (Å²) in [7, 11) is 0. The second-order valence-electron chi connectivity index (χ2n) is 5.19. The normalized spacial score (nSPS) is 24.6. The van der Waals surface area contributed by atoms with Crippen molar-refractivity contribution >= 4 is 11.0 Å². The van der Waals surface area contributed by atoms with E-state index in [0.29, 0.717) is 6.04 Å². The third-order valence-electron chi connectivity index (χ3n) is 4.15. The van der Waals surface area contributed by atoms with Gasteiger partial charge in [-0.15, -0.1) is 0 Å². The Balaban J connectivity index is 1.69. The van der Waals surface area contributed by atoms with E-state index in [1.165, 1.54) is 11.1 Å². The molecule has 1 fully saturated rings. The van der Waals surface area contributed by atoms with Crippen LogP contribution in [-0.4, -0.2) is 46.8 Å². The van der Waals surface area contributed by atoms with Crippen LogP contribution in [0.25, 0.3) is 11.0 Å².